The van der Waals surface area contributed by atoms with E-state index in [4.69, 9.17) is 5.11 Å². The van der Waals surface area contributed by atoms with Crippen LogP contribution in [0.3, 0.4) is 0 Å². The third-order valence-electron chi connectivity index (χ3n) is 3.68. The summed E-state index contributed by atoms with van der Waals surface area (Å²) in [6.07, 6.45) is 2.11. The number of nitrogens with zero attached hydrogens (tertiary/aromatic N) is 1. The van der Waals surface area contributed by atoms with Crippen LogP contribution in [0.25, 0.3) is 0 Å². The highest BCUT2D eigenvalue weighted by Gasteiger charge is 2.27. The summed E-state index contributed by atoms with van der Waals surface area (Å²) in [5.41, 5.74) is 2.39. The molecule has 0 fully saturated rings. The van der Waals surface area contributed by atoms with E-state index in [2.05, 4.69) is 0 Å². The molecule has 0 unspecified atom stereocenters. The van der Waals surface area contributed by atoms with Crippen LogP contribution >= 0.6 is 0 Å². The number of amides is 1. The summed E-state index contributed by atoms with van der Waals surface area (Å²) in [7, 11) is 0. The predicted octanol–water partition coefficient (Wildman–Crippen LogP) is 2.42. The minimum Gasteiger partial charge on any atom is -0.481 e. The Morgan fingerprint density at radius 2 is 2.05 bits per heavy atom. The summed E-state index contributed by atoms with van der Waals surface area (Å²) < 4.78 is 0. The molecule has 2 rings (SSSR count). The lowest BCUT2D eigenvalue weighted by atomic mass is 10.0. The number of carbonyl (C=O) groups is 3. The van der Waals surface area contributed by atoms with Crippen molar-refractivity contribution in [2.45, 2.75) is 39.0 Å². The Kier molecular flexibility index (Phi) is 4.73. The summed E-state index contributed by atoms with van der Waals surface area (Å²) >= 11 is 0. The van der Waals surface area contributed by atoms with Crippen LogP contribution in [0.2, 0.25) is 0 Å². The molecule has 0 aromatic heterocycles. The van der Waals surface area contributed by atoms with Gasteiger partial charge in [-0.3, -0.25) is 14.4 Å². The monoisotopic (exact) mass is 289 g/mol. The van der Waals surface area contributed by atoms with Gasteiger partial charge in [-0.2, -0.15) is 0 Å². The van der Waals surface area contributed by atoms with Crippen molar-refractivity contribution in [3.8, 4) is 0 Å². The molecule has 1 aliphatic heterocycles. The molecular formula is C16H19NO4. The van der Waals surface area contributed by atoms with E-state index in [0.29, 0.717) is 37.8 Å². The molecule has 1 amide bonds. The second-order valence-corrected chi connectivity index (χ2v) is 5.19. The fourth-order valence-corrected chi connectivity index (χ4v) is 2.55. The standard InChI is InChI=1S/C16H19NO4/c1-2-14(18)11-6-7-13-12(9-11)10-15(19)17(13)8-4-3-5-16(20)21/h6-7,9H,2-5,8,10H2,1H3,(H,20,21). The number of anilines is 1. The summed E-state index contributed by atoms with van der Waals surface area (Å²) in [6, 6.07) is 5.38. The number of carboxylic acids is 1. The molecule has 1 N–H and O–H groups in total. The zero-order valence-electron chi connectivity index (χ0n) is 12.1. The number of benzene rings is 1. The van der Waals surface area contributed by atoms with Crippen molar-refractivity contribution in [1.82, 2.24) is 0 Å². The zero-order valence-corrected chi connectivity index (χ0v) is 12.1. The molecule has 0 saturated heterocycles. The van der Waals surface area contributed by atoms with E-state index >= 15 is 0 Å². The van der Waals surface area contributed by atoms with Crippen LogP contribution in [-0.2, 0) is 16.0 Å². The van der Waals surface area contributed by atoms with Gasteiger partial charge in [0.2, 0.25) is 5.91 Å². The molecule has 0 atom stereocenters. The maximum atomic E-state index is 12.0. The largest absolute Gasteiger partial charge is 0.481 e. The second-order valence-electron chi connectivity index (χ2n) is 5.19. The first-order chi connectivity index (χ1) is 10.0. The van der Waals surface area contributed by atoms with Crippen LogP contribution in [0.5, 0.6) is 0 Å². The highest BCUT2D eigenvalue weighted by atomic mass is 16.4. The molecule has 1 aliphatic rings. The number of aliphatic carboxylic acids is 1. The van der Waals surface area contributed by atoms with E-state index in [9.17, 15) is 14.4 Å². The minimum atomic E-state index is -0.814. The van der Waals surface area contributed by atoms with Crippen molar-refractivity contribution in [3.63, 3.8) is 0 Å². The van der Waals surface area contributed by atoms with Crippen LogP contribution in [0.1, 0.15) is 48.5 Å². The Labute approximate surface area is 123 Å². The third-order valence-corrected chi connectivity index (χ3v) is 3.68. The molecule has 1 aromatic carbocycles. The van der Waals surface area contributed by atoms with Gasteiger partial charge in [0.1, 0.15) is 0 Å². The lowest BCUT2D eigenvalue weighted by molar-refractivity contribution is -0.137. The van der Waals surface area contributed by atoms with Crippen molar-refractivity contribution in [3.05, 3.63) is 29.3 Å². The van der Waals surface area contributed by atoms with Gasteiger partial charge >= 0.3 is 5.97 Å². The highest BCUT2D eigenvalue weighted by molar-refractivity contribution is 6.03. The normalized spacial score (nSPS) is 13.4. The van der Waals surface area contributed by atoms with Crippen LogP contribution in [0.15, 0.2) is 18.2 Å². The quantitative estimate of drug-likeness (QED) is 0.618. The molecule has 1 aromatic rings. The number of hydrogen-bond acceptors (Lipinski definition) is 3. The zero-order chi connectivity index (χ0) is 15.4. The van der Waals surface area contributed by atoms with Crippen LogP contribution in [-0.4, -0.2) is 29.3 Å². The number of hydrogen-bond donors (Lipinski definition) is 1. The van der Waals surface area contributed by atoms with E-state index < -0.39 is 5.97 Å². The molecule has 0 radical (unpaired) electrons. The number of ketones is 1. The number of carboxylic acid groups (broad SMARTS) is 1. The van der Waals surface area contributed by atoms with Gasteiger partial charge in [0.15, 0.2) is 5.78 Å². The lowest BCUT2D eigenvalue weighted by Gasteiger charge is -2.17. The van der Waals surface area contributed by atoms with Crippen LogP contribution in [0, 0.1) is 0 Å². The van der Waals surface area contributed by atoms with Gasteiger partial charge in [0, 0.05) is 30.6 Å². The van der Waals surface area contributed by atoms with Crippen molar-refractivity contribution < 1.29 is 19.5 Å². The van der Waals surface area contributed by atoms with Gasteiger partial charge in [0.25, 0.3) is 0 Å². The smallest absolute Gasteiger partial charge is 0.303 e. The van der Waals surface area contributed by atoms with Crippen LogP contribution < -0.4 is 4.90 Å². The molecule has 112 valence electrons. The Morgan fingerprint density at radius 3 is 2.71 bits per heavy atom. The summed E-state index contributed by atoms with van der Waals surface area (Å²) in [6.45, 7) is 2.34. The maximum absolute atomic E-state index is 12.0. The van der Waals surface area contributed by atoms with Gasteiger partial charge in [-0.15, -0.1) is 0 Å². The van der Waals surface area contributed by atoms with Gasteiger partial charge in [0.05, 0.1) is 6.42 Å². The first kappa shape index (κ1) is 15.2. The molecule has 5 nitrogen and oxygen atoms in total. The number of carbonyl (C=O) groups excluding carboxylic acids is 2. The van der Waals surface area contributed by atoms with E-state index in [1.54, 1.807) is 17.0 Å². The van der Waals surface area contributed by atoms with Crippen molar-refractivity contribution in [2.24, 2.45) is 0 Å². The van der Waals surface area contributed by atoms with Gasteiger partial charge < -0.3 is 10.0 Å². The van der Waals surface area contributed by atoms with E-state index in [0.717, 1.165) is 11.3 Å². The third kappa shape index (κ3) is 3.48. The minimum absolute atomic E-state index is 0.0152. The van der Waals surface area contributed by atoms with E-state index in [-0.39, 0.29) is 18.1 Å². The Morgan fingerprint density at radius 1 is 1.29 bits per heavy atom. The average Bonchev–Trinajstić information content (AvgIpc) is 2.77. The highest BCUT2D eigenvalue weighted by Crippen LogP contribution is 2.30. The molecular weight excluding hydrogens is 270 g/mol. The second kappa shape index (κ2) is 6.52. The summed E-state index contributed by atoms with van der Waals surface area (Å²) in [5, 5.41) is 8.61. The predicted molar refractivity (Wildman–Crippen MR) is 78.6 cm³/mol. The van der Waals surface area contributed by atoms with Crippen molar-refractivity contribution >= 4 is 23.3 Å². The van der Waals surface area contributed by atoms with Gasteiger partial charge in [-0.25, -0.2) is 0 Å². The van der Waals surface area contributed by atoms with E-state index in [1.165, 1.54) is 0 Å². The first-order valence-electron chi connectivity index (χ1n) is 7.21. The van der Waals surface area contributed by atoms with Gasteiger partial charge in [-0.1, -0.05) is 6.92 Å². The molecule has 0 bridgehead atoms. The maximum Gasteiger partial charge on any atom is 0.303 e. The molecule has 0 saturated carbocycles. The Balaban J connectivity index is 2.05. The van der Waals surface area contributed by atoms with Crippen molar-refractivity contribution in [2.75, 3.05) is 11.4 Å². The first-order valence-corrected chi connectivity index (χ1v) is 7.21. The number of rotatable bonds is 7. The van der Waals surface area contributed by atoms with Gasteiger partial charge in [-0.05, 0) is 36.6 Å². The summed E-state index contributed by atoms with van der Waals surface area (Å²) in [4.78, 5) is 35.9. The van der Waals surface area contributed by atoms with Crippen LogP contribution in [0.4, 0.5) is 5.69 Å². The SMILES string of the molecule is CCC(=O)c1ccc2c(c1)CC(=O)N2CCCCC(=O)O. The average molecular weight is 289 g/mol. The number of unbranched alkanes of at least 4 members (excludes halogenated alkanes) is 1. The fourth-order valence-electron chi connectivity index (χ4n) is 2.55. The number of Topliss-reactive ketones (excluding diaryl/α,β-unsaturated/α-hetero) is 1. The Bertz CT molecular complexity index is 580. The molecule has 0 aliphatic carbocycles. The molecule has 21 heavy (non-hydrogen) atoms. The Hall–Kier alpha value is -2.17. The fraction of sp³-hybridized carbons (Fsp3) is 0.438. The lowest BCUT2D eigenvalue weighted by Crippen LogP contribution is -2.27. The number of fused-ring (bicyclic) bond motifs is 1. The summed E-state index contributed by atoms with van der Waals surface area (Å²) in [5.74, 6) is -0.725. The molecule has 5 heteroatoms. The van der Waals surface area contributed by atoms with Crippen molar-refractivity contribution in [1.29, 1.82) is 0 Å². The van der Waals surface area contributed by atoms with E-state index in [1.807, 2.05) is 13.0 Å². The topological polar surface area (TPSA) is 74.7 Å². The molecule has 0 spiro atoms. The molecule has 1 heterocycles.